The molecule has 39 heavy (non-hydrogen) atoms. The molecule has 4 aromatic carbocycles. The molecule has 0 fully saturated rings. The minimum Gasteiger partial charge on any atom is -0.478 e. The number of nitrogens with zero attached hydrogens (tertiary/aromatic N) is 1. The summed E-state index contributed by atoms with van der Waals surface area (Å²) < 4.78 is 41.6. The van der Waals surface area contributed by atoms with Crippen LogP contribution in [0.4, 0.5) is 18.9 Å². The molecule has 1 aromatic heterocycles. The lowest BCUT2D eigenvalue weighted by atomic mass is 9.91. The molecule has 0 unspecified atom stereocenters. The zero-order valence-electron chi connectivity index (χ0n) is 21.1. The molecule has 2 N–H and O–H groups in total. The molecule has 0 aliphatic carbocycles. The van der Waals surface area contributed by atoms with Gasteiger partial charge < -0.3 is 10.4 Å². The largest absolute Gasteiger partial charge is 0.478 e. The van der Waals surface area contributed by atoms with Gasteiger partial charge in [-0.05, 0) is 71.0 Å². The van der Waals surface area contributed by atoms with Gasteiger partial charge in [-0.2, -0.15) is 13.2 Å². The second kappa shape index (κ2) is 10.6. The molecule has 7 heteroatoms. The highest BCUT2D eigenvalue weighted by Gasteiger charge is 2.33. The van der Waals surface area contributed by atoms with Crippen LogP contribution in [0.3, 0.4) is 0 Å². The third-order valence-electron chi connectivity index (χ3n) is 6.70. The van der Waals surface area contributed by atoms with Crippen LogP contribution >= 0.6 is 0 Å². The van der Waals surface area contributed by atoms with Crippen LogP contribution in [0.5, 0.6) is 0 Å². The third kappa shape index (κ3) is 5.62. The number of carbonyl (C=O) groups is 1. The number of aromatic nitrogens is 1. The molecule has 0 atom stereocenters. The van der Waals surface area contributed by atoms with Gasteiger partial charge in [-0.1, -0.05) is 66.7 Å². The van der Waals surface area contributed by atoms with Gasteiger partial charge >= 0.3 is 12.1 Å². The summed E-state index contributed by atoms with van der Waals surface area (Å²) in [4.78, 5) is 15.7. The number of hydrogen-bond donors (Lipinski definition) is 2. The fraction of sp³-hybridized carbons (Fsp3) is 0.125. The van der Waals surface area contributed by atoms with E-state index < -0.39 is 17.7 Å². The number of pyridine rings is 1. The SMILES string of the molecule is Cc1ccc(C(=O)O)cc1NCc1cccc(-c2c(Cc3ccccc3)cnc3c(C(F)(F)F)cccc23)c1. The minimum absolute atomic E-state index is 0.0820. The minimum atomic E-state index is -4.53. The van der Waals surface area contributed by atoms with Crippen LogP contribution in [-0.2, 0) is 19.1 Å². The smallest absolute Gasteiger partial charge is 0.418 e. The molecule has 196 valence electrons. The van der Waals surface area contributed by atoms with Gasteiger partial charge in [0.2, 0.25) is 0 Å². The number of anilines is 1. The molecule has 0 amide bonds. The highest BCUT2D eigenvalue weighted by atomic mass is 19.4. The number of alkyl halides is 3. The molecule has 0 saturated carbocycles. The Kier molecular flexibility index (Phi) is 7.07. The highest BCUT2D eigenvalue weighted by molar-refractivity contribution is 5.98. The summed E-state index contributed by atoms with van der Waals surface area (Å²) in [7, 11) is 0. The number of halogens is 3. The zero-order valence-corrected chi connectivity index (χ0v) is 21.1. The van der Waals surface area contributed by atoms with Gasteiger partial charge in [0.25, 0.3) is 0 Å². The number of carboxylic acids is 1. The number of aromatic carboxylic acids is 1. The second-order valence-electron chi connectivity index (χ2n) is 9.41. The fourth-order valence-corrected chi connectivity index (χ4v) is 4.76. The average Bonchev–Trinajstić information content (AvgIpc) is 2.92. The Morgan fingerprint density at radius 2 is 1.64 bits per heavy atom. The highest BCUT2D eigenvalue weighted by Crippen LogP contribution is 2.39. The predicted octanol–water partition coefficient (Wildman–Crippen LogP) is 8.13. The molecule has 0 spiro atoms. The topological polar surface area (TPSA) is 62.2 Å². The van der Waals surface area contributed by atoms with Crippen LogP contribution in [-0.4, -0.2) is 16.1 Å². The van der Waals surface area contributed by atoms with E-state index in [4.69, 9.17) is 0 Å². The number of rotatable bonds is 7. The average molecular weight is 527 g/mol. The number of benzene rings is 4. The van der Waals surface area contributed by atoms with E-state index in [0.717, 1.165) is 33.9 Å². The maximum Gasteiger partial charge on any atom is 0.418 e. The summed E-state index contributed by atoms with van der Waals surface area (Å²) in [5, 5.41) is 13.1. The van der Waals surface area contributed by atoms with E-state index in [1.807, 2.05) is 61.5 Å². The lowest BCUT2D eigenvalue weighted by molar-refractivity contribution is -0.136. The molecule has 0 saturated heterocycles. The van der Waals surface area contributed by atoms with E-state index in [0.29, 0.717) is 29.6 Å². The molecule has 0 bridgehead atoms. The molecular weight excluding hydrogens is 501 g/mol. The van der Waals surface area contributed by atoms with Crippen molar-refractivity contribution in [2.24, 2.45) is 0 Å². The zero-order chi connectivity index (χ0) is 27.6. The first-order chi connectivity index (χ1) is 18.7. The fourth-order valence-electron chi connectivity index (χ4n) is 4.76. The molecule has 5 rings (SSSR count). The van der Waals surface area contributed by atoms with Crippen LogP contribution in [0.25, 0.3) is 22.0 Å². The van der Waals surface area contributed by atoms with Crippen molar-refractivity contribution in [2.45, 2.75) is 26.1 Å². The number of carboxylic acid groups (broad SMARTS) is 1. The number of hydrogen-bond acceptors (Lipinski definition) is 3. The summed E-state index contributed by atoms with van der Waals surface area (Å²) in [5.41, 5.74) is 5.18. The van der Waals surface area contributed by atoms with Crippen molar-refractivity contribution in [3.63, 3.8) is 0 Å². The van der Waals surface area contributed by atoms with Crippen LogP contribution in [0, 0.1) is 6.92 Å². The standard InChI is InChI=1S/C32H25F3N2O2/c1-20-13-14-24(31(38)39)17-28(20)36-18-22-9-5-10-23(16-22)29-25(15-21-7-3-2-4-8-21)19-37-30-26(29)11-6-12-27(30)32(33,34)35/h2-14,16-17,19,36H,15,18H2,1H3,(H,38,39). The summed E-state index contributed by atoms with van der Waals surface area (Å²) in [6, 6.07) is 26.4. The second-order valence-corrected chi connectivity index (χ2v) is 9.41. The monoisotopic (exact) mass is 526 g/mol. The predicted molar refractivity (Wildman–Crippen MR) is 147 cm³/mol. The number of para-hydroxylation sites is 1. The van der Waals surface area contributed by atoms with Gasteiger partial charge in [-0.3, -0.25) is 4.98 Å². The van der Waals surface area contributed by atoms with Gasteiger partial charge in [-0.25, -0.2) is 4.79 Å². The van der Waals surface area contributed by atoms with Crippen molar-refractivity contribution in [1.82, 2.24) is 4.98 Å². The van der Waals surface area contributed by atoms with Gasteiger partial charge in [0, 0.05) is 23.8 Å². The van der Waals surface area contributed by atoms with Crippen LogP contribution in [0.15, 0.2) is 97.2 Å². The van der Waals surface area contributed by atoms with Gasteiger partial charge in [0.05, 0.1) is 16.6 Å². The van der Waals surface area contributed by atoms with Gasteiger partial charge in [0.15, 0.2) is 0 Å². The summed E-state index contributed by atoms with van der Waals surface area (Å²) in [6.45, 7) is 2.30. The van der Waals surface area contributed by atoms with Crippen molar-refractivity contribution in [3.8, 4) is 11.1 Å². The van der Waals surface area contributed by atoms with Crippen LogP contribution in [0.1, 0.15) is 38.2 Å². The van der Waals surface area contributed by atoms with Crippen molar-refractivity contribution in [2.75, 3.05) is 5.32 Å². The first-order valence-electron chi connectivity index (χ1n) is 12.4. The molecule has 1 heterocycles. The molecular formula is C32H25F3N2O2. The maximum atomic E-state index is 13.9. The number of fused-ring (bicyclic) bond motifs is 1. The first kappa shape index (κ1) is 26.0. The quantitative estimate of drug-likeness (QED) is 0.225. The lowest BCUT2D eigenvalue weighted by Crippen LogP contribution is -2.07. The molecule has 0 aliphatic rings. The Bertz CT molecular complexity index is 1660. The Balaban J connectivity index is 1.58. The van der Waals surface area contributed by atoms with Crippen molar-refractivity contribution in [1.29, 1.82) is 0 Å². The van der Waals surface area contributed by atoms with Crippen molar-refractivity contribution < 1.29 is 23.1 Å². The number of nitrogens with one attached hydrogen (secondary N) is 1. The third-order valence-corrected chi connectivity index (χ3v) is 6.70. The van der Waals surface area contributed by atoms with E-state index in [1.165, 1.54) is 6.07 Å². The molecule has 5 aromatic rings. The number of aryl methyl sites for hydroxylation is 1. The summed E-state index contributed by atoms with van der Waals surface area (Å²) >= 11 is 0. The maximum absolute atomic E-state index is 13.9. The Labute approximate surface area is 223 Å². The van der Waals surface area contributed by atoms with E-state index in [-0.39, 0.29) is 11.1 Å². The summed E-state index contributed by atoms with van der Waals surface area (Å²) in [6.07, 6.45) is -2.47. The van der Waals surface area contributed by atoms with E-state index >= 15 is 0 Å². The molecule has 0 radical (unpaired) electrons. The first-order valence-corrected chi connectivity index (χ1v) is 12.4. The van der Waals surface area contributed by atoms with Gasteiger partial charge in [-0.15, -0.1) is 0 Å². The van der Waals surface area contributed by atoms with E-state index in [9.17, 15) is 23.1 Å². The van der Waals surface area contributed by atoms with Crippen molar-refractivity contribution >= 4 is 22.6 Å². The Hall–Kier alpha value is -4.65. The molecule has 4 nitrogen and oxygen atoms in total. The molecule has 0 aliphatic heterocycles. The normalized spacial score (nSPS) is 11.5. The Morgan fingerprint density at radius 3 is 2.38 bits per heavy atom. The van der Waals surface area contributed by atoms with Crippen molar-refractivity contribution in [3.05, 3.63) is 131 Å². The van der Waals surface area contributed by atoms with Gasteiger partial charge in [0.1, 0.15) is 0 Å². The van der Waals surface area contributed by atoms with E-state index in [2.05, 4.69) is 10.3 Å². The Morgan fingerprint density at radius 1 is 0.897 bits per heavy atom. The van der Waals surface area contributed by atoms with E-state index in [1.54, 1.807) is 30.5 Å². The van der Waals surface area contributed by atoms with Crippen LogP contribution in [0.2, 0.25) is 0 Å². The summed E-state index contributed by atoms with van der Waals surface area (Å²) in [5.74, 6) is -1.01. The lowest BCUT2D eigenvalue weighted by Gasteiger charge is -2.17. The van der Waals surface area contributed by atoms with Crippen LogP contribution < -0.4 is 5.32 Å².